The minimum absolute atomic E-state index is 0.553. The first kappa shape index (κ1) is 12.1. The number of nitrogens with two attached hydrogens (primary N) is 1. The van der Waals surface area contributed by atoms with Gasteiger partial charge in [0.1, 0.15) is 0 Å². The SMILES string of the molecule is CCN(CC)CCc1noc(CCN)n1. The van der Waals surface area contributed by atoms with Crippen molar-refractivity contribution in [2.75, 3.05) is 26.2 Å². The summed E-state index contributed by atoms with van der Waals surface area (Å²) in [6.07, 6.45) is 1.51. The molecule has 0 bridgehead atoms. The van der Waals surface area contributed by atoms with Crippen molar-refractivity contribution in [3.63, 3.8) is 0 Å². The topological polar surface area (TPSA) is 68.2 Å². The third-order valence-corrected chi connectivity index (χ3v) is 2.41. The normalized spacial score (nSPS) is 11.2. The average molecular weight is 212 g/mol. The Labute approximate surface area is 90.6 Å². The highest BCUT2D eigenvalue weighted by Gasteiger charge is 2.06. The first-order valence-corrected chi connectivity index (χ1v) is 5.54. The van der Waals surface area contributed by atoms with Crippen LogP contribution in [0.1, 0.15) is 25.6 Å². The molecule has 1 rings (SSSR count). The summed E-state index contributed by atoms with van der Waals surface area (Å²) in [7, 11) is 0. The van der Waals surface area contributed by atoms with Crippen LogP contribution in [-0.2, 0) is 12.8 Å². The average Bonchev–Trinajstić information content (AvgIpc) is 2.68. The molecule has 0 spiro atoms. The van der Waals surface area contributed by atoms with Gasteiger partial charge in [-0.15, -0.1) is 0 Å². The maximum absolute atomic E-state index is 5.40. The van der Waals surface area contributed by atoms with Gasteiger partial charge in [-0.1, -0.05) is 19.0 Å². The smallest absolute Gasteiger partial charge is 0.227 e. The van der Waals surface area contributed by atoms with Crippen LogP contribution in [0.25, 0.3) is 0 Å². The van der Waals surface area contributed by atoms with Crippen LogP contribution < -0.4 is 5.73 Å². The summed E-state index contributed by atoms with van der Waals surface area (Å²) in [4.78, 5) is 6.59. The Morgan fingerprint density at radius 2 is 2.00 bits per heavy atom. The van der Waals surface area contributed by atoms with Gasteiger partial charge in [0.2, 0.25) is 5.89 Å². The van der Waals surface area contributed by atoms with Gasteiger partial charge in [-0.2, -0.15) is 4.98 Å². The van der Waals surface area contributed by atoms with Crippen molar-refractivity contribution in [1.29, 1.82) is 0 Å². The maximum atomic E-state index is 5.40. The fourth-order valence-corrected chi connectivity index (χ4v) is 1.41. The van der Waals surface area contributed by atoms with Gasteiger partial charge >= 0.3 is 0 Å². The van der Waals surface area contributed by atoms with Crippen LogP contribution in [0.3, 0.4) is 0 Å². The van der Waals surface area contributed by atoms with Gasteiger partial charge < -0.3 is 15.2 Å². The molecule has 15 heavy (non-hydrogen) atoms. The molecule has 5 nitrogen and oxygen atoms in total. The highest BCUT2D eigenvalue weighted by molar-refractivity contribution is 4.87. The van der Waals surface area contributed by atoms with Crippen molar-refractivity contribution in [2.24, 2.45) is 5.73 Å². The summed E-state index contributed by atoms with van der Waals surface area (Å²) >= 11 is 0. The predicted octanol–water partition coefficient (Wildman–Crippen LogP) is 0.455. The third kappa shape index (κ3) is 3.97. The number of hydrogen-bond acceptors (Lipinski definition) is 5. The molecule has 1 heterocycles. The van der Waals surface area contributed by atoms with Crippen LogP contribution >= 0.6 is 0 Å². The van der Waals surface area contributed by atoms with Gasteiger partial charge in [-0.3, -0.25) is 0 Å². The van der Waals surface area contributed by atoms with E-state index in [9.17, 15) is 0 Å². The van der Waals surface area contributed by atoms with Crippen LogP contribution in [0.4, 0.5) is 0 Å². The first-order valence-electron chi connectivity index (χ1n) is 5.54. The Hall–Kier alpha value is -0.940. The van der Waals surface area contributed by atoms with Crippen molar-refractivity contribution in [2.45, 2.75) is 26.7 Å². The minimum atomic E-state index is 0.553. The lowest BCUT2D eigenvalue weighted by molar-refractivity contribution is 0.302. The Kier molecular flexibility index (Phi) is 5.28. The van der Waals surface area contributed by atoms with Crippen LogP contribution in [0.2, 0.25) is 0 Å². The zero-order valence-electron chi connectivity index (χ0n) is 9.57. The Balaban J connectivity index is 2.36. The van der Waals surface area contributed by atoms with Crippen LogP contribution in [-0.4, -0.2) is 41.2 Å². The zero-order valence-corrected chi connectivity index (χ0v) is 9.57. The summed E-state index contributed by atoms with van der Waals surface area (Å²) in [6.45, 7) is 7.96. The fraction of sp³-hybridized carbons (Fsp3) is 0.800. The van der Waals surface area contributed by atoms with Gasteiger partial charge in [-0.25, -0.2) is 0 Å². The van der Waals surface area contributed by atoms with E-state index in [1.807, 2.05) is 0 Å². The molecule has 2 N–H and O–H groups in total. The van der Waals surface area contributed by atoms with E-state index in [0.29, 0.717) is 18.9 Å². The van der Waals surface area contributed by atoms with Gasteiger partial charge in [0.15, 0.2) is 5.82 Å². The van der Waals surface area contributed by atoms with E-state index in [1.54, 1.807) is 0 Å². The van der Waals surface area contributed by atoms with Gasteiger partial charge in [0, 0.05) is 25.9 Å². The summed E-state index contributed by atoms with van der Waals surface area (Å²) < 4.78 is 5.04. The van der Waals surface area contributed by atoms with Crippen LogP contribution in [0.5, 0.6) is 0 Å². The second-order valence-corrected chi connectivity index (χ2v) is 3.42. The van der Waals surface area contributed by atoms with Crippen molar-refractivity contribution >= 4 is 0 Å². The van der Waals surface area contributed by atoms with E-state index in [2.05, 4.69) is 28.9 Å². The maximum Gasteiger partial charge on any atom is 0.227 e. The Bertz CT molecular complexity index is 270. The number of rotatable bonds is 7. The highest BCUT2D eigenvalue weighted by Crippen LogP contribution is 2.00. The molecule has 0 amide bonds. The number of likely N-dealkylation sites (N-methyl/N-ethyl adjacent to an activating group) is 1. The molecular weight excluding hydrogens is 192 g/mol. The van der Waals surface area contributed by atoms with E-state index in [-0.39, 0.29) is 0 Å². The second-order valence-electron chi connectivity index (χ2n) is 3.42. The molecule has 1 aromatic rings. The summed E-state index contributed by atoms with van der Waals surface area (Å²) in [5, 5.41) is 3.91. The van der Waals surface area contributed by atoms with E-state index in [1.165, 1.54) is 0 Å². The van der Waals surface area contributed by atoms with E-state index in [0.717, 1.165) is 31.9 Å². The lowest BCUT2D eigenvalue weighted by atomic mass is 10.3. The fourth-order valence-electron chi connectivity index (χ4n) is 1.41. The molecule has 0 aliphatic rings. The molecule has 0 saturated heterocycles. The number of hydrogen-bond donors (Lipinski definition) is 1. The molecule has 0 unspecified atom stereocenters. The number of aromatic nitrogens is 2. The van der Waals surface area contributed by atoms with E-state index in [4.69, 9.17) is 10.3 Å². The number of nitrogens with zero attached hydrogens (tertiary/aromatic N) is 3. The molecule has 0 aromatic carbocycles. The Morgan fingerprint density at radius 1 is 1.27 bits per heavy atom. The van der Waals surface area contributed by atoms with Crippen molar-refractivity contribution < 1.29 is 4.52 Å². The molecular formula is C10H20N4O. The van der Waals surface area contributed by atoms with E-state index < -0.39 is 0 Å². The minimum Gasteiger partial charge on any atom is -0.339 e. The largest absolute Gasteiger partial charge is 0.339 e. The molecule has 1 aromatic heterocycles. The summed E-state index contributed by atoms with van der Waals surface area (Å²) in [6, 6.07) is 0. The summed E-state index contributed by atoms with van der Waals surface area (Å²) in [5.41, 5.74) is 5.40. The van der Waals surface area contributed by atoms with Crippen LogP contribution in [0, 0.1) is 0 Å². The standard InChI is InChI=1S/C10H20N4O/c1-3-14(4-2)8-6-9-12-10(5-7-11)15-13-9/h3-8,11H2,1-2H3. The van der Waals surface area contributed by atoms with E-state index >= 15 is 0 Å². The predicted molar refractivity (Wildman–Crippen MR) is 58.5 cm³/mol. The molecule has 0 saturated carbocycles. The second kappa shape index (κ2) is 6.53. The Morgan fingerprint density at radius 3 is 2.60 bits per heavy atom. The summed E-state index contributed by atoms with van der Waals surface area (Å²) in [5.74, 6) is 1.43. The van der Waals surface area contributed by atoms with Gasteiger partial charge in [0.25, 0.3) is 0 Å². The highest BCUT2D eigenvalue weighted by atomic mass is 16.5. The molecule has 0 atom stereocenters. The quantitative estimate of drug-likeness (QED) is 0.711. The zero-order chi connectivity index (χ0) is 11.1. The van der Waals surface area contributed by atoms with Crippen molar-refractivity contribution in [3.05, 3.63) is 11.7 Å². The molecule has 0 fully saturated rings. The molecule has 86 valence electrons. The van der Waals surface area contributed by atoms with Crippen molar-refractivity contribution in [3.8, 4) is 0 Å². The molecule has 0 aliphatic carbocycles. The third-order valence-electron chi connectivity index (χ3n) is 2.41. The molecule has 0 radical (unpaired) electrons. The first-order chi connectivity index (χ1) is 7.30. The van der Waals surface area contributed by atoms with Crippen LogP contribution in [0.15, 0.2) is 4.52 Å². The monoisotopic (exact) mass is 212 g/mol. The lowest BCUT2D eigenvalue weighted by Crippen LogP contribution is -2.25. The lowest BCUT2D eigenvalue weighted by Gasteiger charge is -2.16. The van der Waals surface area contributed by atoms with Crippen molar-refractivity contribution in [1.82, 2.24) is 15.0 Å². The molecule has 0 aliphatic heterocycles. The van der Waals surface area contributed by atoms with Gasteiger partial charge in [-0.05, 0) is 13.1 Å². The van der Waals surface area contributed by atoms with Gasteiger partial charge in [0.05, 0.1) is 0 Å². The molecule has 5 heteroatoms.